The van der Waals surface area contributed by atoms with Crippen LogP contribution in [0.4, 0.5) is 0 Å². The Bertz CT molecular complexity index is 954. The summed E-state index contributed by atoms with van der Waals surface area (Å²) in [5.74, 6) is -1.18. The molecule has 0 saturated carbocycles. The number of nitrogens with one attached hydrogen (secondary N) is 3. The molecule has 0 aliphatic carbocycles. The van der Waals surface area contributed by atoms with E-state index in [4.69, 9.17) is 11.6 Å². The van der Waals surface area contributed by atoms with E-state index in [9.17, 15) is 18.0 Å². The molecular formula is C16H18ClN3O4S2. The normalized spacial score (nSPS) is 11.2. The van der Waals surface area contributed by atoms with E-state index < -0.39 is 21.8 Å². The van der Waals surface area contributed by atoms with Gasteiger partial charge in [-0.15, -0.1) is 11.3 Å². The molecule has 0 radical (unpaired) electrons. The molecule has 7 nitrogen and oxygen atoms in total. The summed E-state index contributed by atoms with van der Waals surface area (Å²) in [7, 11) is -2.46. The third-order valence-corrected chi connectivity index (χ3v) is 6.74. The Kier molecular flexibility index (Phi) is 6.40. The Labute approximate surface area is 160 Å². The largest absolute Gasteiger partial charge is 0.279 e. The Morgan fingerprint density at radius 1 is 1.15 bits per heavy atom. The zero-order chi connectivity index (χ0) is 19.5. The first-order valence-electron chi connectivity index (χ1n) is 7.62. The quantitative estimate of drug-likeness (QED) is 0.651. The van der Waals surface area contributed by atoms with Gasteiger partial charge in [0.05, 0.1) is 20.4 Å². The number of thiophene rings is 1. The van der Waals surface area contributed by atoms with Crippen LogP contribution in [0.1, 0.15) is 37.4 Å². The molecule has 26 heavy (non-hydrogen) atoms. The molecule has 3 N–H and O–H groups in total. The summed E-state index contributed by atoms with van der Waals surface area (Å²) in [5, 5.41) is 0.0621. The molecule has 0 aliphatic rings. The van der Waals surface area contributed by atoms with E-state index in [1.165, 1.54) is 30.5 Å². The van der Waals surface area contributed by atoms with Crippen molar-refractivity contribution in [1.82, 2.24) is 15.6 Å². The van der Waals surface area contributed by atoms with Crippen LogP contribution in [0, 0.1) is 6.92 Å². The number of hydrazine groups is 1. The summed E-state index contributed by atoms with van der Waals surface area (Å²) >= 11 is 7.32. The van der Waals surface area contributed by atoms with Gasteiger partial charge in [-0.3, -0.25) is 20.4 Å². The maximum atomic E-state index is 12.3. The summed E-state index contributed by atoms with van der Waals surface area (Å²) in [6.45, 7) is 3.91. The number of hydrogen-bond acceptors (Lipinski definition) is 5. The Morgan fingerprint density at radius 3 is 2.38 bits per heavy atom. The number of carbonyl (C=O) groups is 2. The average molecular weight is 416 g/mol. The van der Waals surface area contributed by atoms with Gasteiger partial charge in [-0.2, -0.15) is 0 Å². The van der Waals surface area contributed by atoms with E-state index in [-0.39, 0.29) is 15.5 Å². The van der Waals surface area contributed by atoms with Crippen molar-refractivity contribution in [2.24, 2.45) is 0 Å². The molecule has 140 valence electrons. The van der Waals surface area contributed by atoms with E-state index in [1.807, 2.05) is 13.8 Å². The van der Waals surface area contributed by atoms with E-state index in [0.29, 0.717) is 4.88 Å². The monoisotopic (exact) mass is 415 g/mol. The van der Waals surface area contributed by atoms with Crippen molar-refractivity contribution >= 4 is 44.8 Å². The topological polar surface area (TPSA) is 104 Å². The third-order valence-electron chi connectivity index (χ3n) is 3.62. The molecule has 0 unspecified atom stereocenters. The zero-order valence-corrected chi connectivity index (χ0v) is 16.7. The minimum Gasteiger partial charge on any atom is -0.267 e. The molecule has 0 bridgehead atoms. The maximum absolute atomic E-state index is 12.3. The van der Waals surface area contributed by atoms with Crippen LogP contribution in [0.25, 0.3) is 0 Å². The lowest BCUT2D eigenvalue weighted by Crippen LogP contribution is -2.41. The summed E-state index contributed by atoms with van der Waals surface area (Å²) < 4.78 is 25.9. The van der Waals surface area contributed by atoms with Gasteiger partial charge in [-0.25, -0.2) is 13.1 Å². The predicted octanol–water partition coefficient (Wildman–Crippen LogP) is 2.26. The van der Waals surface area contributed by atoms with Crippen molar-refractivity contribution in [3.8, 4) is 0 Å². The minimum absolute atomic E-state index is 0.0621. The first-order valence-corrected chi connectivity index (χ1v) is 10.3. The van der Waals surface area contributed by atoms with Crippen molar-refractivity contribution in [1.29, 1.82) is 0 Å². The second kappa shape index (κ2) is 8.17. The minimum atomic E-state index is -3.72. The van der Waals surface area contributed by atoms with Gasteiger partial charge in [0.15, 0.2) is 0 Å². The maximum Gasteiger partial charge on any atom is 0.279 e. The van der Waals surface area contributed by atoms with E-state index in [2.05, 4.69) is 15.6 Å². The summed E-state index contributed by atoms with van der Waals surface area (Å²) in [6.07, 6.45) is 0.818. The lowest BCUT2D eigenvalue weighted by molar-refractivity contribution is 0.0849. The first-order chi connectivity index (χ1) is 12.2. The Balaban J connectivity index is 2.14. The average Bonchev–Trinajstić information content (AvgIpc) is 3.00. The fourth-order valence-corrected chi connectivity index (χ4v) is 4.16. The number of amides is 2. The highest BCUT2D eigenvalue weighted by atomic mass is 35.5. The van der Waals surface area contributed by atoms with Crippen LogP contribution in [0.5, 0.6) is 0 Å². The van der Waals surface area contributed by atoms with Crippen molar-refractivity contribution in [2.45, 2.75) is 25.2 Å². The predicted molar refractivity (Wildman–Crippen MR) is 101 cm³/mol. The molecular weight excluding hydrogens is 398 g/mol. The van der Waals surface area contributed by atoms with Gasteiger partial charge < -0.3 is 0 Å². The second-order valence-electron chi connectivity index (χ2n) is 5.33. The zero-order valence-electron chi connectivity index (χ0n) is 14.3. The van der Waals surface area contributed by atoms with Gasteiger partial charge >= 0.3 is 0 Å². The molecule has 1 aromatic heterocycles. The standard InChI is InChI=1S/C16H18ClN3O4S2/c1-4-13-9(2)7-14(25-13)16(22)20-19-15(21)11-8-10(5-6-12(11)17)26(23,24)18-3/h5-8,18H,4H2,1-3H3,(H,19,21)(H,20,22). The Morgan fingerprint density at radius 2 is 1.81 bits per heavy atom. The van der Waals surface area contributed by atoms with Crippen molar-refractivity contribution in [3.63, 3.8) is 0 Å². The van der Waals surface area contributed by atoms with Gasteiger partial charge in [0.1, 0.15) is 0 Å². The van der Waals surface area contributed by atoms with Gasteiger partial charge in [0, 0.05) is 4.88 Å². The molecule has 0 fully saturated rings. The molecule has 0 spiro atoms. The summed E-state index contributed by atoms with van der Waals surface area (Å²) in [4.78, 5) is 25.9. The van der Waals surface area contributed by atoms with Crippen molar-refractivity contribution < 1.29 is 18.0 Å². The fraction of sp³-hybridized carbons (Fsp3) is 0.250. The highest BCUT2D eigenvalue weighted by Crippen LogP contribution is 2.22. The van der Waals surface area contributed by atoms with Crippen LogP contribution < -0.4 is 15.6 Å². The van der Waals surface area contributed by atoms with Crippen LogP contribution >= 0.6 is 22.9 Å². The molecule has 2 rings (SSSR count). The van der Waals surface area contributed by atoms with Crippen LogP contribution in [0.2, 0.25) is 5.02 Å². The summed E-state index contributed by atoms with van der Waals surface area (Å²) in [5.41, 5.74) is 5.51. The molecule has 1 aromatic carbocycles. The van der Waals surface area contributed by atoms with Gasteiger partial charge in [0.2, 0.25) is 10.0 Å². The van der Waals surface area contributed by atoms with Crippen molar-refractivity contribution in [2.75, 3.05) is 7.05 Å². The van der Waals surface area contributed by atoms with Crippen LogP contribution in [0.3, 0.4) is 0 Å². The van der Waals surface area contributed by atoms with Crippen LogP contribution in [-0.4, -0.2) is 27.3 Å². The van der Waals surface area contributed by atoms with E-state index >= 15 is 0 Å². The van der Waals surface area contributed by atoms with Gasteiger partial charge in [-0.1, -0.05) is 18.5 Å². The highest BCUT2D eigenvalue weighted by molar-refractivity contribution is 7.89. The number of sulfonamides is 1. The number of hydrogen-bond donors (Lipinski definition) is 3. The van der Waals surface area contributed by atoms with Gasteiger partial charge in [0.25, 0.3) is 11.8 Å². The molecule has 2 amide bonds. The molecule has 10 heteroatoms. The fourth-order valence-electron chi connectivity index (χ4n) is 2.19. The molecule has 0 aliphatic heterocycles. The van der Waals surface area contributed by atoms with Crippen molar-refractivity contribution in [3.05, 3.63) is 50.2 Å². The smallest absolute Gasteiger partial charge is 0.267 e. The third kappa shape index (κ3) is 4.42. The van der Waals surface area contributed by atoms with Crippen LogP contribution in [0.15, 0.2) is 29.2 Å². The first kappa shape index (κ1) is 20.4. The van der Waals surface area contributed by atoms with E-state index in [1.54, 1.807) is 6.07 Å². The number of rotatable bonds is 5. The summed E-state index contributed by atoms with van der Waals surface area (Å²) in [6, 6.07) is 5.47. The SMILES string of the molecule is CCc1sc(C(=O)NNC(=O)c2cc(S(=O)(=O)NC)ccc2Cl)cc1C. The lowest BCUT2D eigenvalue weighted by atomic mass is 10.2. The number of benzene rings is 1. The lowest BCUT2D eigenvalue weighted by Gasteiger charge is -2.09. The molecule has 0 saturated heterocycles. The number of aryl methyl sites for hydroxylation is 2. The highest BCUT2D eigenvalue weighted by Gasteiger charge is 2.18. The molecule has 0 atom stereocenters. The Hall–Kier alpha value is -1.94. The van der Waals surface area contributed by atoms with Gasteiger partial charge in [-0.05, 0) is 50.2 Å². The van der Waals surface area contributed by atoms with E-state index in [0.717, 1.165) is 22.9 Å². The number of carbonyl (C=O) groups excluding carboxylic acids is 2. The molecule has 2 aromatic rings. The molecule has 1 heterocycles. The number of halogens is 1. The van der Waals surface area contributed by atoms with Crippen LogP contribution in [-0.2, 0) is 16.4 Å². The second-order valence-corrected chi connectivity index (χ2v) is 8.76.